The van der Waals surface area contributed by atoms with E-state index in [1.807, 2.05) is 60.7 Å². The zero-order chi connectivity index (χ0) is 15.1. The summed E-state index contributed by atoms with van der Waals surface area (Å²) in [5.41, 5.74) is 1.65. The first-order valence-corrected chi connectivity index (χ1v) is 6.93. The van der Waals surface area contributed by atoms with Gasteiger partial charge in [0.2, 0.25) is 0 Å². The maximum absolute atomic E-state index is 11.8. The SMILES string of the molecule is CCOC(=O)C(O)C(Nc1ccccc1)c1ccccc1. The second-order valence-electron chi connectivity index (χ2n) is 4.60. The highest BCUT2D eigenvalue weighted by Gasteiger charge is 2.28. The summed E-state index contributed by atoms with van der Waals surface area (Å²) in [6.07, 6.45) is -1.27. The van der Waals surface area contributed by atoms with Crippen molar-refractivity contribution in [1.29, 1.82) is 0 Å². The largest absolute Gasteiger partial charge is 0.464 e. The van der Waals surface area contributed by atoms with Crippen LogP contribution in [0.2, 0.25) is 0 Å². The van der Waals surface area contributed by atoms with E-state index in [9.17, 15) is 9.90 Å². The third-order valence-electron chi connectivity index (χ3n) is 3.10. The molecule has 0 heterocycles. The first-order chi connectivity index (χ1) is 10.2. The van der Waals surface area contributed by atoms with Crippen molar-refractivity contribution in [2.75, 3.05) is 11.9 Å². The Morgan fingerprint density at radius 1 is 1.10 bits per heavy atom. The zero-order valence-corrected chi connectivity index (χ0v) is 11.9. The average molecular weight is 285 g/mol. The predicted molar refractivity (Wildman–Crippen MR) is 81.9 cm³/mol. The maximum Gasteiger partial charge on any atom is 0.337 e. The molecule has 4 heteroatoms. The van der Waals surface area contributed by atoms with Crippen LogP contribution in [-0.4, -0.2) is 23.8 Å². The van der Waals surface area contributed by atoms with Gasteiger partial charge < -0.3 is 15.2 Å². The number of benzene rings is 2. The zero-order valence-electron chi connectivity index (χ0n) is 11.9. The van der Waals surface area contributed by atoms with E-state index in [0.29, 0.717) is 0 Å². The van der Waals surface area contributed by atoms with Crippen LogP contribution < -0.4 is 5.32 Å². The summed E-state index contributed by atoms with van der Waals surface area (Å²) in [6.45, 7) is 1.95. The Bertz CT molecular complexity index is 557. The summed E-state index contributed by atoms with van der Waals surface area (Å²) in [6, 6.07) is 18.2. The fraction of sp³-hybridized carbons (Fsp3) is 0.235. The molecule has 0 fully saturated rings. The fourth-order valence-corrected chi connectivity index (χ4v) is 2.08. The molecule has 2 N–H and O–H groups in total. The average Bonchev–Trinajstić information content (AvgIpc) is 2.54. The van der Waals surface area contributed by atoms with Crippen molar-refractivity contribution in [2.24, 2.45) is 0 Å². The first-order valence-electron chi connectivity index (χ1n) is 6.93. The smallest absolute Gasteiger partial charge is 0.337 e. The molecule has 110 valence electrons. The number of nitrogens with one attached hydrogen (secondary N) is 1. The number of rotatable bonds is 6. The number of aliphatic hydroxyl groups is 1. The van der Waals surface area contributed by atoms with E-state index in [4.69, 9.17) is 4.74 Å². The third-order valence-corrected chi connectivity index (χ3v) is 3.10. The molecule has 0 saturated heterocycles. The van der Waals surface area contributed by atoms with Gasteiger partial charge in [-0.25, -0.2) is 4.79 Å². The Morgan fingerprint density at radius 2 is 1.67 bits per heavy atom. The molecule has 2 atom stereocenters. The summed E-state index contributed by atoms with van der Waals surface area (Å²) < 4.78 is 4.91. The van der Waals surface area contributed by atoms with E-state index in [1.165, 1.54) is 0 Å². The van der Waals surface area contributed by atoms with Crippen LogP contribution in [0.1, 0.15) is 18.5 Å². The Hall–Kier alpha value is -2.33. The number of hydrogen-bond donors (Lipinski definition) is 2. The molecule has 4 nitrogen and oxygen atoms in total. The van der Waals surface area contributed by atoms with Crippen LogP contribution in [0.5, 0.6) is 0 Å². The molecular weight excluding hydrogens is 266 g/mol. The van der Waals surface area contributed by atoms with Gasteiger partial charge in [0.15, 0.2) is 6.10 Å². The van der Waals surface area contributed by atoms with Crippen LogP contribution in [0.3, 0.4) is 0 Å². The van der Waals surface area contributed by atoms with Gasteiger partial charge in [-0.1, -0.05) is 48.5 Å². The van der Waals surface area contributed by atoms with Gasteiger partial charge >= 0.3 is 5.97 Å². The second kappa shape index (κ2) is 7.45. The van der Waals surface area contributed by atoms with Crippen molar-refractivity contribution in [3.63, 3.8) is 0 Å². The Balaban J connectivity index is 2.24. The standard InChI is InChI=1S/C17H19NO3/c1-2-21-17(20)16(19)15(13-9-5-3-6-10-13)18-14-11-7-4-8-12-14/h3-12,15-16,18-19H,2H2,1H3. The number of carbonyl (C=O) groups is 1. The minimum atomic E-state index is -1.27. The number of ether oxygens (including phenoxy) is 1. The molecule has 2 aromatic carbocycles. The lowest BCUT2D eigenvalue weighted by Gasteiger charge is -2.24. The molecule has 0 aliphatic heterocycles. The van der Waals surface area contributed by atoms with Crippen molar-refractivity contribution in [2.45, 2.75) is 19.1 Å². The highest BCUT2D eigenvalue weighted by atomic mass is 16.5. The van der Waals surface area contributed by atoms with E-state index in [1.54, 1.807) is 6.92 Å². The molecule has 0 aromatic heterocycles. The molecule has 0 amide bonds. The van der Waals surface area contributed by atoms with Gasteiger partial charge in [0.25, 0.3) is 0 Å². The normalized spacial score (nSPS) is 13.2. The molecule has 0 spiro atoms. The molecule has 0 bridgehead atoms. The predicted octanol–water partition coefficient (Wildman–Crippen LogP) is 2.76. The van der Waals surface area contributed by atoms with Gasteiger partial charge in [-0.2, -0.15) is 0 Å². The molecule has 0 saturated carbocycles. The van der Waals surface area contributed by atoms with Gasteiger partial charge in [-0.05, 0) is 24.6 Å². The van der Waals surface area contributed by atoms with Crippen LogP contribution in [0.4, 0.5) is 5.69 Å². The van der Waals surface area contributed by atoms with Crippen LogP contribution >= 0.6 is 0 Å². The van der Waals surface area contributed by atoms with Gasteiger partial charge in [0.1, 0.15) is 0 Å². The summed E-state index contributed by atoms with van der Waals surface area (Å²) >= 11 is 0. The molecule has 2 unspecified atom stereocenters. The number of carbonyl (C=O) groups excluding carboxylic acids is 1. The number of aliphatic hydroxyl groups excluding tert-OH is 1. The fourth-order valence-electron chi connectivity index (χ4n) is 2.08. The molecule has 21 heavy (non-hydrogen) atoms. The monoisotopic (exact) mass is 285 g/mol. The summed E-state index contributed by atoms with van der Waals surface area (Å²) in [7, 11) is 0. The number of para-hydroxylation sites is 1. The van der Waals surface area contributed by atoms with Gasteiger partial charge in [0.05, 0.1) is 12.6 Å². The number of hydrogen-bond acceptors (Lipinski definition) is 4. The Morgan fingerprint density at radius 3 is 2.24 bits per heavy atom. The minimum absolute atomic E-state index is 0.239. The van der Waals surface area contributed by atoms with E-state index >= 15 is 0 Å². The van der Waals surface area contributed by atoms with Gasteiger partial charge in [0, 0.05) is 5.69 Å². The van der Waals surface area contributed by atoms with Crippen LogP contribution in [-0.2, 0) is 9.53 Å². The van der Waals surface area contributed by atoms with Crippen molar-refractivity contribution in [1.82, 2.24) is 0 Å². The lowest BCUT2D eigenvalue weighted by atomic mass is 10.0. The number of esters is 1. The number of anilines is 1. The van der Waals surface area contributed by atoms with Gasteiger partial charge in [-0.3, -0.25) is 0 Å². The molecule has 0 aliphatic rings. The van der Waals surface area contributed by atoms with Crippen molar-refractivity contribution < 1.29 is 14.6 Å². The Labute approximate surface area is 124 Å². The van der Waals surface area contributed by atoms with Crippen LogP contribution in [0.25, 0.3) is 0 Å². The highest BCUT2D eigenvalue weighted by molar-refractivity contribution is 5.76. The minimum Gasteiger partial charge on any atom is -0.464 e. The van der Waals surface area contributed by atoms with Crippen LogP contribution in [0.15, 0.2) is 60.7 Å². The molecule has 2 aromatic rings. The quantitative estimate of drug-likeness (QED) is 0.801. The highest BCUT2D eigenvalue weighted by Crippen LogP contribution is 2.23. The van der Waals surface area contributed by atoms with Gasteiger partial charge in [-0.15, -0.1) is 0 Å². The molecule has 0 aliphatic carbocycles. The third kappa shape index (κ3) is 4.07. The topological polar surface area (TPSA) is 58.6 Å². The van der Waals surface area contributed by atoms with Crippen molar-refractivity contribution >= 4 is 11.7 Å². The molecular formula is C17H19NO3. The summed E-state index contributed by atoms with van der Waals surface area (Å²) in [5, 5.41) is 13.5. The molecule has 2 rings (SSSR count). The van der Waals surface area contributed by atoms with E-state index in [2.05, 4.69) is 5.32 Å². The Kier molecular flexibility index (Phi) is 5.35. The van der Waals surface area contributed by atoms with E-state index in [0.717, 1.165) is 11.3 Å². The van der Waals surface area contributed by atoms with Crippen molar-refractivity contribution in [3.05, 3.63) is 66.2 Å². The lowest BCUT2D eigenvalue weighted by Crippen LogP contribution is -2.34. The van der Waals surface area contributed by atoms with Crippen molar-refractivity contribution in [3.8, 4) is 0 Å². The van der Waals surface area contributed by atoms with Crippen LogP contribution in [0, 0.1) is 0 Å². The lowest BCUT2D eigenvalue weighted by molar-refractivity contribution is -0.153. The summed E-state index contributed by atoms with van der Waals surface area (Å²) in [4.78, 5) is 11.8. The summed E-state index contributed by atoms with van der Waals surface area (Å²) in [5.74, 6) is -0.630. The van der Waals surface area contributed by atoms with E-state index in [-0.39, 0.29) is 6.61 Å². The first kappa shape index (κ1) is 15.1. The maximum atomic E-state index is 11.8. The second-order valence-corrected chi connectivity index (χ2v) is 4.60. The molecule has 0 radical (unpaired) electrons. The van der Waals surface area contributed by atoms with E-state index < -0.39 is 18.1 Å².